The summed E-state index contributed by atoms with van der Waals surface area (Å²) in [4.78, 5) is 31.3. The predicted octanol–water partition coefficient (Wildman–Crippen LogP) is 6.92. The van der Waals surface area contributed by atoms with Gasteiger partial charge in [0.2, 0.25) is 12.4 Å². The van der Waals surface area contributed by atoms with Gasteiger partial charge in [-0.1, -0.05) is 35.3 Å². The van der Waals surface area contributed by atoms with Crippen molar-refractivity contribution in [2.45, 2.75) is 44.8 Å². The molecule has 4 aromatic rings. The minimum Gasteiger partial charge on any atom is -0.508 e. The number of methoxy groups -OCH3 is 2. The molecule has 3 N–H and O–H groups in total. The monoisotopic (exact) mass is 742 g/mol. The topological polar surface area (TPSA) is 133 Å². The van der Waals surface area contributed by atoms with Gasteiger partial charge in [-0.15, -0.1) is 11.3 Å². The maximum Gasteiger partial charge on any atom is 0.414 e. The van der Waals surface area contributed by atoms with Crippen molar-refractivity contribution >= 4 is 52.3 Å². The number of carboxylic acids is 1. The number of piperidine rings is 3. The molecule has 5 heterocycles. The zero-order chi connectivity index (χ0) is 35.7. The number of anilines is 1. The number of nitrogens with zero attached hydrogens (tertiary/aromatic N) is 3. The molecular formula is C36H38Cl2N3O8S+. The summed E-state index contributed by atoms with van der Waals surface area (Å²) in [6.07, 6.45) is 3.88. The number of carboxylic acid groups (broad SMARTS) is 1. The number of amides is 1. The maximum atomic E-state index is 14.0. The molecule has 2 atom stereocenters. The van der Waals surface area contributed by atoms with Gasteiger partial charge in [-0.3, -0.25) is 15.0 Å². The summed E-state index contributed by atoms with van der Waals surface area (Å²) in [5, 5.41) is 31.5. The predicted molar refractivity (Wildman–Crippen MR) is 189 cm³/mol. The van der Waals surface area contributed by atoms with Gasteiger partial charge < -0.3 is 24.4 Å². The highest BCUT2D eigenvalue weighted by molar-refractivity contribution is 7.14. The van der Waals surface area contributed by atoms with Crippen molar-refractivity contribution in [3.05, 3.63) is 96.9 Å². The number of hydrogen-bond donors (Lipinski definition) is 3. The van der Waals surface area contributed by atoms with E-state index in [1.165, 1.54) is 31.5 Å². The summed E-state index contributed by atoms with van der Waals surface area (Å²) < 4.78 is 17.9. The summed E-state index contributed by atoms with van der Waals surface area (Å²) in [7, 11) is 3.04. The highest BCUT2D eigenvalue weighted by Crippen LogP contribution is 2.42. The van der Waals surface area contributed by atoms with Crippen LogP contribution in [-0.4, -0.2) is 72.3 Å². The molecule has 3 saturated heterocycles. The molecule has 3 aliphatic rings. The van der Waals surface area contributed by atoms with Gasteiger partial charge >= 0.3 is 12.1 Å². The lowest BCUT2D eigenvalue weighted by Crippen LogP contribution is -2.53. The van der Waals surface area contributed by atoms with E-state index in [1.807, 2.05) is 6.07 Å². The number of halogens is 2. The first kappa shape index (κ1) is 35.6. The van der Waals surface area contributed by atoms with Crippen LogP contribution in [0.2, 0.25) is 10.0 Å². The lowest BCUT2D eigenvalue weighted by atomic mass is 9.85. The molecule has 3 fully saturated rings. The number of benzene rings is 2. The first-order chi connectivity index (χ1) is 24.0. The summed E-state index contributed by atoms with van der Waals surface area (Å²) >= 11 is 14.2. The Balaban J connectivity index is 1.42. The van der Waals surface area contributed by atoms with Crippen LogP contribution >= 0.6 is 34.5 Å². The van der Waals surface area contributed by atoms with Gasteiger partial charge in [-0.25, -0.2) is 9.59 Å². The molecule has 50 heavy (non-hydrogen) atoms. The minimum atomic E-state index is -1.14. The zero-order valence-electron chi connectivity index (χ0n) is 27.8. The molecule has 0 spiro atoms. The number of hydrogen-bond acceptors (Lipinski definition) is 9. The Morgan fingerprint density at radius 2 is 1.76 bits per heavy atom. The van der Waals surface area contributed by atoms with Crippen LogP contribution in [0.3, 0.4) is 0 Å². The number of phenols is 1. The fourth-order valence-corrected chi connectivity index (χ4v) is 8.58. The van der Waals surface area contributed by atoms with Crippen LogP contribution in [0.25, 0.3) is 0 Å². The van der Waals surface area contributed by atoms with Crippen LogP contribution in [0.4, 0.5) is 10.5 Å². The van der Waals surface area contributed by atoms with E-state index in [4.69, 9.17) is 37.4 Å². The van der Waals surface area contributed by atoms with E-state index in [0.29, 0.717) is 50.9 Å². The Bertz CT molecular complexity index is 1890. The lowest BCUT2D eigenvalue weighted by Gasteiger charge is -2.44. The third-order valence-electron chi connectivity index (χ3n) is 9.62. The fraction of sp³-hybridized carbons (Fsp3) is 0.361. The van der Waals surface area contributed by atoms with Crippen molar-refractivity contribution in [2.75, 3.05) is 38.8 Å². The van der Waals surface area contributed by atoms with E-state index in [2.05, 4.69) is 4.90 Å². The van der Waals surface area contributed by atoms with Crippen molar-refractivity contribution in [3.8, 4) is 17.2 Å². The molecule has 0 saturated carbocycles. The normalized spacial score (nSPS) is 18.8. The molecule has 2 aromatic heterocycles. The molecule has 0 radical (unpaired) electrons. The summed E-state index contributed by atoms with van der Waals surface area (Å²) in [5.41, 5.74) is 2.62. The molecule has 2 aromatic carbocycles. The van der Waals surface area contributed by atoms with Crippen LogP contribution in [0.15, 0.2) is 54.9 Å². The van der Waals surface area contributed by atoms with E-state index in [0.717, 1.165) is 42.0 Å². The Labute approximate surface area is 303 Å². The van der Waals surface area contributed by atoms with Crippen LogP contribution in [-0.2, 0) is 17.7 Å². The average molecular weight is 744 g/mol. The molecule has 1 amide bonds. The molecule has 14 heteroatoms. The maximum absolute atomic E-state index is 14.0. The van der Waals surface area contributed by atoms with Gasteiger partial charge in [0.25, 0.3) is 0 Å². The van der Waals surface area contributed by atoms with Gasteiger partial charge in [0, 0.05) is 33.2 Å². The molecule has 0 aliphatic carbocycles. The number of pyridine rings is 1. The van der Waals surface area contributed by atoms with Crippen LogP contribution in [0.5, 0.6) is 17.2 Å². The molecule has 3 aliphatic heterocycles. The van der Waals surface area contributed by atoms with Crippen molar-refractivity contribution in [3.63, 3.8) is 0 Å². The number of ether oxygens (including phenoxy) is 3. The van der Waals surface area contributed by atoms with E-state index in [-0.39, 0.29) is 45.7 Å². The number of fused-ring (bicyclic) bond motifs is 3. The minimum absolute atomic E-state index is 0.00874. The molecule has 0 unspecified atom stereocenters. The number of phenolic OH excluding ortho intramolecular Hbond substituents is 1. The number of aromatic hydroxyl groups is 1. The summed E-state index contributed by atoms with van der Waals surface area (Å²) in [6.45, 7) is 4.36. The van der Waals surface area contributed by atoms with Gasteiger partial charge in [-0.05, 0) is 86.7 Å². The van der Waals surface area contributed by atoms with Gasteiger partial charge in [0.15, 0.2) is 11.5 Å². The van der Waals surface area contributed by atoms with E-state index in [9.17, 15) is 25.0 Å². The Morgan fingerprint density at radius 3 is 2.38 bits per heavy atom. The highest BCUT2D eigenvalue weighted by atomic mass is 35.5. The Morgan fingerprint density at radius 1 is 1.06 bits per heavy atom. The second-order valence-electron chi connectivity index (χ2n) is 12.6. The van der Waals surface area contributed by atoms with E-state index >= 15 is 0 Å². The van der Waals surface area contributed by atoms with Crippen LogP contribution in [0.1, 0.15) is 55.6 Å². The van der Waals surface area contributed by atoms with Gasteiger partial charge in [0.05, 0.1) is 26.5 Å². The number of carbonyl (C=O) groups is 2. The van der Waals surface area contributed by atoms with E-state index in [1.54, 1.807) is 43.3 Å². The fourth-order valence-electron chi connectivity index (χ4n) is 6.92. The van der Waals surface area contributed by atoms with E-state index < -0.39 is 18.0 Å². The summed E-state index contributed by atoms with van der Waals surface area (Å²) in [6, 6.07) is 12.1. The molecule has 11 nitrogen and oxygen atoms in total. The largest absolute Gasteiger partial charge is 0.508 e. The number of rotatable bonds is 11. The van der Waals surface area contributed by atoms with Crippen molar-refractivity contribution in [1.82, 2.24) is 4.90 Å². The quantitative estimate of drug-likeness (QED) is 0.111. The Kier molecular flexibility index (Phi) is 10.6. The van der Waals surface area contributed by atoms with Crippen LogP contribution < -0.4 is 19.1 Å². The number of carbonyl (C=O) groups excluding carboxylic acids is 1. The molecule has 264 valence electrons. The zero-order valence-corrected chi connectivity index (χ0v) is 30.1. The van der Waals surface area contributed by atoms with Crippen LogP contribution in [0, 0.1) is 12.8 Å². The Hall–Kier alpha value is -4.23. The standard InChI is InChI=1S/C36H37Cl2N3O8S/c1-20-29(5-4-6-30(20)42)41(36(45)49-33-19-39-11-9-21(33)10-12-39)16-23-14-25(34(50-23)35(43)44)24(15-26-27(37)17-40(46)18-28(26)38)22-7-8-31(47-2)32(13-22)48-3/h4-8,13-14,17-18,21,24,33H,9-12,15-16,19H2,1-3H3,(H2-,42,43,44,46)/p+1/t24-,33-/m0/s1. The SMILES string of the molecule is COc1ccc([C@H](Cc2c(Cl)c[n+](O)cc2Cl)c2cc(CN(C(=O)O[C@H]3CN4CCC3CC4)c3cccc(O)c3C)sc2C(=O)O)cc1OC. The second-order valence-corrected chi connectivity index (χ2v) is 14.5. The third-order valence-corrected chi connectivity index (χ3v) is 11.4. The number of aromatic carboxylic acids is 1. The highest BCUT2D eigenvalue weighted by Gasteiger charge is 2.38. The van der Waals surface area contributed by atoms with Gasteiger partial charge in [0.1, 0.15) is 26.8 Å². The first-order valence-electron chi connectivity index (χ1n) is 16.1. The molecule has 7 rings (SSSR count). The molecular weight excluding hydrogens is 705 g/mol. The second kappa shape index (κ2) is 14.9. The number of aromatic nitrogens is 1. The van der Waals surface area contributed by atoms with Crippen molar-refractivity contribution in [1.29, 1.82) is 0 Å². The third kappa shape index (κ3) is 7.29. The van der Waals surface area contributed by atoms with Crippen molar-refractivity contribution in [2.24, 2.45) is 5.92 Å². The first-order valence-corrected chi connectivity index (χ1v) is 17.7. The smallest absolute Gasteiger partial charge is 0.414 e. The summed E-state index contributed by atoms with van der Waals surface area (Å²) in [5.74, 6) is -0.505. The molecule has 2 bridgehead atoms. The average Bonchev–Trinajstić information content (AvgIpc) is 3.52. The number of thiophene rings is 1. The van der Waals surface area contributed by atoms with Gasteiger partial charge in [-0.2, -0.15) is 0 Å². The van der Waals surface area contributed by atoms with Crippen molar-refractivity contribution < 1.29 is 44.0 Å². The lowest BCUT2D eigenvalue weighted by molar-refractivity contribution is -0.904.